The number of carbonyl (C=O) groups is 1. The van der Waals surface area contributed by atoms with Crippen molar-refractivity contribution in [3.05, 3.63) is 22.7 Å². The molecule has 3 N–H and O–H groups in total. The summed E-state index contributed by atoms with van der Waals surface area (Å²) in [6.07, 6.45) is 2.87. The summed E-state index contributed by atoms with van der Waals surface area (Å²) in [4.78, 5) is 13.0. The molecule has 4 nitrogen and oxygen atoms in total. The molecule has 0 radical (unpaired) electrons. The van der Waals surface area contributed by atoms with E-state index in [0.29, 0.717) is 5.02 Å². The number of aldehydes is 1. The Labute approximate surface area is 112 Å². The molecule has 2 rings (SSSR count). The number of hydrogen-bond acceptors (Lipinski definition) is 4. The third kappa shape index (κ3) is 2.60. The number of nitrogens with one attached hydrogen (secondary N) is 1. The Hall–Kier alpha value is -1.26. The van der Waals surface area contributed by atoms with Crippen molar-refractivity contribution in [1.82, 2.24) is 0 Å². The molecule has 1 aromatic carbocycles. The van der Waals surface area contributed by atoms with Crippen molar-refractivity contribution in [2.24, 2.45) is 11.8 Å². The largest absolute Gasteiger partial charge is 0.371 e. The van der Waals surface area contributed by atoms with Gasteiger partial charge in [0.1, 0.15) is 6.29 Å². The van der Waals surface area contributed by atoms with Crippen LogP contribution in [-0.4, -0.2) is 19.4 Å². The molecule has 0 aromatic heterocycles. The zero-order chi connectivity index (χ0) is 13.1. The van der Waals surface area contributed by atoms with Gasteiger partial charge in [-0.15, -0.1) is 0 Å². The Bertz CT molecular complexity index is 442. The van der Waals surface area contributed by atoms with Gasteiger partial charge in [0.05, 0.1) is 5.69 Å². The van der Waals surface area contributed by atoms with E-state index in [1.54, 1.807) is 0 Å². The summed E-state index contributed by atoms with van der Waals surface area (Å²) in [5.74, 6) is 5.69. The Morgan fingerprint density at radius 3 is 2.67 bits per heavy atom. The number of nitrogens with two attached hydrogens (primary N) is 1. The molecule has 0 atom stereocenters. The van der Waals surface area contributed by atoms with Crippen molar-refractivity contribution >= 4 is 29.3 Å². The first kappa shape index (κ1) is 13.2. The third-order valence-electron chi connectivity index (χ3n) is 3.57. The van der Waals surface area contributed by atoms with E-state index in [1.807, 2.05) is 19.1 Å². The highest BCUT2D eigenvalue weighted by molar-refractivity contribution is 6.31. The fourth-order valence-corrected chi connectivity index (χ4v) is 2.63. The zero-order valence-electron chi connectivity index (χ0n) is 10.4. The van der Waals surface area contributed by atoms with Crippen LogP contribution in [0.3, 0.4) is 0 Å². The van der Waals surface area contributed by atoms with E-state index < -0.39 is 0 Å². The monoisotopic (exact) mass is 267 g/mol. The molecule has 1 heterocycles. The van der Waals surface area contributed by atoms with E-state index in [9.17, 15) is 4.79 Å². The lowest BCUT2D eigenvalue weighted by atomic mass is 9.97. The molecule has 1 aliphatic rings. The molecule has 0 amide bonds. The number of rotatable bonds is 3. The van der Waals surface area contributed by atoms with Gasteiger partial charge in [-0.25, -0.2) is 0 Å². The van der Waals surface area contributed by atoms with Crippen LogP contribution >= 0.6 is 11.6 Å². The van der Waals surface area contributed by atoms with Crippen LogP contribution < -0.4 is 16.2 Å². The average Bonchev–Trinajstić information content (AvgIpc) is 2.41. The number of halogens is 1. The van der Waals surface area contributed by atoms with Gasteiger partial charge in [-0.2, -0.15) is 0 Å². The SMILES string of the molecule is Cc1c(NN)cc(Cl)cc1N1CCC(C=O)CC1. The lowest BCUT2D eigenvalue weighted by molar-refractivity contribution is -0.111. The standard InChI is InChI=1S/C13H18ClN3O/c1-9-12(16-15)6-11(14)7-13(9)17-4-2-10(8-18)3-5-17/h6-8,10,16H,2-5,15H2,1H3. The third-order valence-corrected chi connectivity index (χ3v) is 3.79. The molecule has 0 unspecified atom stereocenters. The van der Waals surface area contributed by atoms with Crippen LogP contribution in [0.1, 0.15) is 18.4 Å². The molecule has 0 aliphatic carbocycles. The zero-order valence-corrected chi connectivity index (χ0v) is 11.2. The fourth-order valence-electron chi connectivity index (χ4n) is 2.42. The second kappa shape index (κ2) is 5.59. The first-order valence-electron chi connectivity index (χ1n) is 6.12. The summed E-state index contributed by atoms with van der Waals surface area (Å²) >= 11 is 6.10. The van der Waals surface area contributed by atoms with E-state index in [1.165, 1.54) is 0 Å². The van der Waals surface area contributed by atoms with E-state index in [4.69, 9.17) is 17.4 Å². The van der Waals surface area contributed by atoms with Crippen LogP contribution in [0.15, 0.2) is 12.1 Å². The minimum Gasteiger partial charge on any atom is -0.371 e. The summed E-state index contributed by atoms with van der Waals surface area (Å²) in [5.41, 5.74) is 5.70. The van der Waals surface area contributed by atoms with Gasteiger partial charge in [-0.05, 0) is 37.5 Å². The molecular weight excluding hydrogens is 250 g/mol. The average molecular weight is 268 g/mol. The molecule has 0 saturated carbocycles. The molecule has 98 valence electrons. The van der Waals surface area contributed by atoms with E-state index >= 15 is 0 Å². The number of hydrazine groups is 1. The number of hydrogen-bond donors (Lipinski definition) is 2. The predicted octanol–water partition coefficient (Wildman–Crippen LogP) is 2.35. The molecule has 18 heavy (non-hydrogen) atoms. The maximum atomic E-state index is 10.8. The number of piperidine rings is 1. The van der Waals surface area contributed by atoms with Crippen molar-refractivity contribution in [2.45, 2.75) is 19.8 Å². The fraction of sp³-hybridized carbons (Fsp3) is 0.462. The summed E-state index contributed by atoms with van der Waals surface area (Å²) < 4.78 is 0. The van der Waals surface area contributed by atoms with Crippen molar-refractivity contribution < 1.29 is 4.79 Å². The van der Waals surface area contributed by atoms with Crippen LogP contribution in [0.4, 0.5) is 11.4 Å². The van der Waals surface area contributed by atoms with Crippen LogP contribution in [0.25, 0.3) is 0 Å². The quantitative estimate of drug-likeness (QED) is 0.501. The van der Waals surface area contributed by atoms with Gasteiger partial charge in [0.2, 0.25) is 0 Å². The summed E-state index contributed by atoms with van der Waals surface area (Å²) in [6.45, 7) is 3.79. The highest BCUT2D eigenvalue weighted by Gasteiger charge is 2.21. The molecule has 1 aliphatic heterocycles. The van der Waals surface area contributed by atoms with Crippen LogP contribution in [-0.2, 0) is 4.79 Å². The first-order valence-corrected chi connectivity index (χ1v) is 6.50. The molecule has 0 spiro atoms. The molecule has 1 saturated heterocycles. The molecule has 1 fully saturated rings. The van der Waals surface area contributed by atoms with Gasteiger partial charge in [0.15, 0.2) is 0 Å². The number of benzene rings is 1. The second-order valence-electron chi connectivity index (χ2n) is 4.70. The predicted molar refractivity (Wildman–Crippen MR) is 75.0 cm³/mol. The highest BCUT2D eigenvalue weighted by atomic mass is 35.5. The minimum absolute atomic E-state index is 0.202. The molecule has 1 aromatic rings. The van der Waals surface area contributed by atoms with E-state index in [2.05, 4.69) is 10.3 Å². The normalized spacial score (nSPS) is 16.7. The van der Waals surface area contributed by atoms with E-state index in [-0.39, 0.29) is 5.92 Å². The van der Waals surface area contributed by atoms with Gasteiger partial charge < -0.3 is 15.1 Å². The topological polar surface area (TPSA) is 58.4 Å². The van der Waals surface area contributed by atoms with Gasteiger partial charge in [-0.3, -0.25) is 5.84 Å². The highest BCUT2D eigenvalue weighted by Crippen LogP contribution is 2.32. The minimum atomic E-state index is 0.202. The van der Waals surface area contributed by atoms with Crippen molar-refractivity contribution in [3.63, 3.8) is 0 Å². The molecule has 0 bridgehead atoms. The van der Waals surface area contributed by atoms with Gasteiger partial charge in [0, 0.05) is 29.7 Å². The molecular formula is C13H18ClN3O. The second-order valence-corrected chi connectivity index (χ2v) is 5.14. The van der Waals surface area contributed by atoms with Crippen molar-refractivity contribution in [3.8, 4) is 0 Å². The Kier molecular flexibility index (Phi) is 4.09. The van der Waals surface area contributed by atoms with Crippen LogP contribution in [0.2, 0.25) is 5.02 Å². The first-order chi connectivity index (χ1) is 8.65. The van der Waals surface area contributed by atoms with Crippen LogP contribution in [0.5, 0.6) is 0 Å². The number of carbonyl (C=O) groups excluding carboxylic acids is 1. The Morgan fingerprint density at radius 1 is 1.44 bits per heavy atom. The van der Waals surface area contributed by atoms with Gasteiger partial charge in [0.25, 0.3) is 0 Å². The van der Waals surface area contributed by atoms with Crippen molar-refractivity contribution in [1.29, 1.82) is 0 Å². The summed E-state index contributed by atoms with van der Waals surface area (Å²) in [7, 11) is 0. The van der Waals surface area contributed by atoms with Gasteiger partial charge in [-0.1, -0.05) is 11.6 Å². The lowest BCUT2D eigenvalue weighted by Gasteiger charge is -2.33. The maximum Gasteiger partial charge on any atom is 0.123 e. The summed E-state index contributed by atoms with van der Waals surface area (Å²) in [6, 6.07) is 3.78. The molecule has 5 heteroatoms. The number of nitrogen functional groups attached to an aromatic ring is 1. The smallest absolute Gasteiger partial charge is 0.123 e. The Balaban J connectivity index is 2.23. The number of nitrogens with zero attached hydrogens (tertiary/aromatic N) is 1. The van der Waals surface area contributed by atoms with Gasteiger partial charge >= 0.3 is 0 Å². The number of anilines is 2. The maximum absolute atomic E-state index is 10.8. The lowest BCUT2D eigenvalue weighted by Crippen LogP contribution is -2.34. The van der Waals surface area contributed by atoms with Crippen molar-refractivity contribution in [2.75, 3.05) is 23.4 Å². The Morgan fingerprint density at radius 2 is 2.11 bits per heavy atom. The van der Waals surface area contributed by atoms with E-state index in [0.717, 1.165) is 49.2 Å². The van der Waals surface area contributed by atoms with Crippen LogP contribution in [0, 0.1) is 12.8 Å². The summed E-state index contributed by atoms with van der Waals surface area (Å²) in [5, 5.41) is 0.668.